The quantitative estimate of drug-likeness (QED) is 0.713. The molecule has 0 saturated carbocycles. The van der Waals surface area contributed by atoms with Crippen LogP contribution < -0.4 is 4.74 Å². The number of hydrogen-bond donors (Lipinski definition) is 0. The number of rotatable bonds is 4. The molecule has 3 rings (SSSR count). The molecular weight excluding hydrogens is 356 g/mol. The highest BCUT2D eigenvalue weighted by atomic mass is 19.3. The van der Waals surface area contributed by atoms with Gasteiger partial charge in [0.2, 0.25) is 0 Å². The van der Waals surface area contributed by atoms with E-state index < -0.39 is 12.2 Å². The Kier molecular flexibility index (Phi) is 5.40. The van der Waals surface area contributed by atoms with E-state index in [4.69, 9.17) is 4.74 Å². The number of carbonyl (C=O) groups excluding carboxylic acids is 2. The minimum atomic E-state index is -2.93. The summed E-state index contributed by atoms with van der Waals surface area (Å²) in [7, 11) is 0. The Labute approximate surface area is 157 Å². The number of Topliss-reactive ketones (excluding diaryl/α,β-unsaturated/α-hetero) is 1. The van der Waals surface area contributed by atoms with Gasteiger partial charge in [-0.15, -0.1) is 0 Å². The first kappa shape index (κ1) is 19.6. The zero-order chi connectivity index (χ0) is 19.8. The van der Waals surface area contributed by atoms with Crippen molar-refractivity contribution in [1.82, 2.24) is 4.90 Å². The number of nitrogens with zero attached hydrogens (tertiary/aromatic N) is 1. The van der Waals surface area contributed by atoms with Gasteiger partial charge in [-0.1, -0.05) is 12.1 Å². The second-order valence-electron chi connectivity index (χ2n) is 8.21. The van der Waals surface area contributed by atoms with Crippen molar-refractivity contribution < 1.29 is 27.8 Å². The zero-order valence-corrected chi connectivity index (χ0v) is 15.8. The van der Waals surface area contributed by atoms with Crippen molar-refractivity contribution in [1.29, 1.82) is 0 Å². The van der Waals surface area contributed by atoms with Crippen LogP contribution in [0.3, 0.4) is 0 Å². The summed E-state index contributed by atoms with van der Waals surface area (Å²) in [6.45, 7) is 2.57. The van der Waals surface area contributed by atoms with Crippen LogP contribution in [0.15, 0.2) is 24.3 Å². The Hall–Kier alpha value is -2.18. The fraction of sp³-hybridized carbons (Fsp3) is 0.600. The van der Waals surface area contributed by atoms with Gasteiger partial charge in [0.05, 0.1) is 0 Å². The second-order valence-corrected chi connectivity index (χ2v) is 8.21. The fourth-order valence-corrected chi connectivity index (χ4v) is 4.07. The van der Waals surface area contributed by atoms with Gasteiger partial charge < -0.3 is 14.4 Å². The Morgan fingerprint density at radius 2 is 1.78 bits per heavy atom. The summed E-state index contributed by atoms with van der Waals surface area (Å²) in [6.07, 6.45) is 2.50. The van der Waals surface area contributed by atoms with Crippen LogP contribution in [0, 0.1) is 5.92 Å². The van der Waals surface area contributed by atoms with Crippen LogP contribution in [-0.4, -0.2) is 41.1 Å². The summed E-state index contributed by atoms with van der Waals surface area (Å²) in [5.41, 5.74) is -0.197. The monoisotopic (exact) mass is 381 g/mol. The SMILES string of the molecule is CC(C)(C)OC(=O)N1C2CCC1CC(C(=O)c1cccc(OC(F)F)c1)C2. The fourth-order valence-electron chi connectivity index (χ4n) is 4.07. The van der Waals surface area contributed by atoms with Gasteiger partial charge in [0, 0.05) is 23.6 Å². The van der Waals surface area contributed by atoms with E-state index in [0.717, 1.165) is 12.8 Å². The molecule has 5 nitrogen and oxygen atoms in total. The molecule has 1 aromatic carbocycles. The van der Waals surface area contributed by atoms with Gasteiger partial charge in [0.1, 0.15) is 11.4 Å². The zero-order valence-electron chi connectivity index (χ0n) is 15.8. The smallest absolute Gasteiger partial charge is 0.410 e. The van der Waals surface area contributed by atoms with E-state index in [9.17, 15) is 18.4 Å². The number of carbonyl (C=O) groups is 2. The maximum absolute atomic E-state index is 12.9. The molecule has 2 unspecified atom stereocenters. The van der Waals surface area contributed by atoms with Gasteiger partial charge in [-0.3, -0.25) is 4.79 Å². The molecule has 0 spiro atoms. The topological polar surface area (TPSA) is 55.8 Å². The average molecular weight is 381 g/mol. The molecule has 0 aromatic heterocycles. The number of piperidine rings is 1. The van der Waals surface area contributed by atoms with Crippen molar-refractivity contribution in [2.24, 2.45) is 5.92 Å². The molecule has 2 atom stereocenters. The Morgan fingerprint density at radius 1 is 1.15 bits per heavy atom. The van der Waals surface area contributed by atoms with E-state index in [2.05, 4.69) is 4.74 Å². The van der Waals surface area contributed by atoms with Crippen molar-refractivity contribution in [2.45, 2.75) is 70.8 Å². The van der Waals surface area contributed by atoms with Crippen molar-refractivity contribution in [3.8, 4) is 5.75 Å². The molecule has 7 heteroatoms. The van der Waals surface area contributed by atoms with Crippen molar-refractivity contribution in [3.63, 3.8) is 0 Å². The van der Waals surface area contributed by atoms with Crippen LogP contribution >= 0.6 is 0 Å². The third-order valence-electron chi connectivity index (χ3n) is 5.05. The van der Waals surface area contributed by atoms with E-state index >= 15 is 0 Å². The molecule has 0 radical (unpaired) electrons. The lowest BCUT2D eigenvalue weighted by molar-refractivity contribution is -0.0498. The molecule has 2 bridgehead atoms. The van der Waals surface area contributed by atoms with E-state index in [-0.39, 0.29) is 35.6 Å². The highest BCUT2D eigenvalue weighted by molar-refractivity contribution is 5.98. The molecule has 2 saturated heterocycles. The summed E-state index contributed by atoms with van der Waals surface area (Å²) in [6, 6.07) is 5.87. The molecule has 0 aliphatic carbocycles. The molecule has 2 heterocycles. The lowest BCUT2D eigenvalue weighted by Gasteiger charge is -2.39. The highest BCUT2D eigenvalue weighted by Crippen LogP contribution is 2.40. The Balaban J connectivity index is 1.69. The van der Waals surface area contributed by atoms with E-state index in [1.807, 2.05) is 20.8 Å². The molecule has 27 heavy (non-hydrogen) atoms. The number of benzene rings is 1. The van der Waals surface area contributed by atoms with Crippen molar-refractivity contribution in [2.75, 3.05) is 0 Å². The summed E-state index contributed by atoms with van der Waals surface area (Å²) < 4.78 is 34.7. The minimum absolute atomic E-state index is 0.0203. The van der Waals surface area contributed by atoms with Gasteiger partial charge >= 0.3 is 12.7 Å². The average Bonchev–Trinajstić information content (AvgIpc) is 2.82. The number of alkyl halides is 2. The van der Waals surface area contributed by atoms with Gasteiger partial charge in [-0.25, -0.2) is 4.79 Å². The molecule has 2 aliphatic rings. The third kappa shape index (κ3) is 4.57. The van der Waals surface area contributed by atoms with Gasteiger partial charge in [0.25, 0.3) is 0 Å². The molecule has 0 N–H and O–H groups in total. The molecular formula is C20H25F2NO4. The van der Waals surface area contributed by atoms with E-state index in [0.29, 0.717) is 18.4 Å². The first-order chi connectivity index (χ1) is 12.6. The van der Waals surface area contributed by atoms with Crippen LogP contribution in [0.1, 0.15) is 56.8 Å². The normalized spacial score (nSPS) is 24.8. The number of halogens is 2. The van der Waals surface area contributed by atoms with Crippen LogP contribution in [-0.2, 0) is 4.74 Å². The maximum atomic E-state index is 12.9. The van der Waals surface area contributed by atoms with Crippen LogP contribution in [0.5, 0.6) is 5.75 Å². The van der Waals surface area contributed by atoms with Gasteiger partial charge in [-0.05, 0) is 58.6 Å². The number of ketones is 1. The van der Waals surface area contributed by atoms with Crippen molar-refractivity contribution in [3.05, 3.63) is 29.8 Å². The van der Waals surface area contributed by atoms with E-state index in [1.54, 1.807) is 11.0 Å². The maximum Gasteiger partial charge on any atom is 0.410 e. The van der Waals surface area contributed by atoms with Crippen LogP contribution in [0.25, 0.3) is 0 Å². The first-order valence-electron chi connectivity index (χ1n) is 9.24. The molecule has 2 aliphatic heterocycles. The molecule has 2 fully saturated rings. The summed E-state index contributed by atoms with van der Waals surface area (Å²) >= 11 is 0. The number of hydrogen-bond acceptors (Lipinski definition) is 4. The molecule has 1 aromatic rings. The Morgan fingerprint density at radius 3 is 2.33 bits per heavy atom. The van der Waals surface area contributed by atoms with Gasteiger partial charge in [-0.2, -0.15) is 8.78 Å². The standard InChI is InChI=1S/C20H25F2NO4/c1-20(2,3)27-19(25)23-14-7-8-15(23)10-13(9-14)17(24)12-5-4-6-16(11-12)26-18(21)22/h4-6,11,13-15,18H,7-10H2,1-3H3. The van der Waals surface area contributed by atoms with Crippen molar-refractivity contribution >= 4 is 11.9 Å². The Bertz CT molecular complexity index is 702. The predicted molar refractivity (Wildman–Crippen MR) is 95.0 cm³/mol. The minimum Gasteiger partial charge on any atom is -0.444 e. The summed E-state index contributed by atoms with van der Waals surface area (Å²) in [5, 5.41) is 0. The summed E-state index contributed by atoms with van der Waals surface area (Å²) in [4.78, 5) is 27.2. The third-order valence-corrected chi connectivity index (χ3v) is 5.05. The summed E-state index contributed by atoms with van der Waals surface area (Å²) in [5.74, 6) is -0.344. The lowest BCUT2D eigenvalue weighted by Crippen LogP contribution is -2.49. The van der Waals surface area contributed by atoms with Crippen LogP contribution in [0.4, 0.5) is 13.6 Å². The largest absolute Gasteiger partial charge is 0.444 e. The molecule has 148 valence electrons. The van der Waals surface area contributed by atoms with E-state index in [1.165, 1.54) is 18.2 Å². The van der Waals surface area contributed by atoms with Gasteiger partial charge in [0.15, 0.2) is 5.78 Å². The number of ether oxygens (including phenoxy) is 2. The first-order valence-corrected chi connectivity index (χ1v) is 9.24. The lowest BCUT2D eigenvalue weighted by atomic mass is 9.85. The number of amides is 1. The van der Waals surface area contributed by atoms with Crippen LogP contribution in [0.2, 0.25) is 0 Å². The molecule has 1 amide bonds. The predicted octanol–water partition coefficient (Wildman–Crippen LogP) is 4.65. The number of fused-ring (bicyclic) bond motifs is 2. The second kappa shape index (κ2) is 7.44. The highest BCUT2D eigenvalue weighted by Gasteiger charge is 2.46.